The first-order chi connectivity index (χ1) is 12.7. The number of halogens is 3. The van der Waals surface area contributed by atoms with E-state index < -0.39 is 18.6 Å². The lowest BCUT2D eigenvalue weighted by Crippen LogP contribution is -2.39. The summed E-state index contributed by atoms with van der Waals surface area (Å²) in [6.45, 7) is 5.17. The van der Waals surface area contributed by atoms with Gasteiger partial charge < -0.3 is 13.9 Å². The first-order valence-electron chi connectivity index (χ1n) is 8.74. The zero-order valence-electron chi connectivity index (χ0n) is 15.7. The molecule has 27 heavy (non-hydrogen) atoms. The smallest absolute Gasteiger partial charge is 0.406 e. The normalized spacial score (nSPS) is 11.8. The number of unbranched alkanes of at least 4 members (excludes halogenated alkanes) is 1. The van der Waals surface area contributed by atoms with Crippen LogP contribution in [-0.4, -0.2) is 38.8 Å². The summed E-state index contributed by atoms with van der Waals surface area (Å²) in [4.78, 5) is 17.7. The van der Waals surface area contributed by atoms with Gasteiger partial charge in [-0.25, -0.2) is 4.98 Å². The van der Waals surface area contributed by atoms with Gasteiger partial charge in [-0.1, -0.05) is 25.1 Å². The second-order valence-electron chi connectivity index (χ2n) is 6.30. The molecule has 0 saturated heterocycles. The fourth-order valence-electron chi connectivity index (χ4n) is 2.57. The van der Waals surface area contributed by atoms with Gasteiger partial charge in [0.25, 0.3) is 0 Å². The molecule has 1 amide bonds. The summed E-state index contributed by atoms with van der Waals surface area (Å²) in [5.74, 6) is -0.401. The maximum Gasteiger partial charge on any atom is 0.406 e. The molecule has 0 saturated carbocycles. The van der Waals surface area contributed by atoms with Gasteiger partial charge in [0.05, 0.1) is 24.3 Å². The fraction of sp³-hybridized carbons (Fsp3) is 0.556. The van der Waals surface area contributed by atoms with Gasteiger partial charge in [0.2, 0.25) is 5.91 Å². The molecule has 9 heteroatoms. The van der Waals surface area contributed by atoms with Crippen molar-refractivity contribution in [2.24, 2.45) is 0 Å². The van der Waals surface area contributed by atoms with Crippen LogP contribution in [0.3, 0.4) is 0 Å². The molecule has 0 aliphatic heterocycles. The van der Waals surface area contributed by atoms with E-state index in [0.717, 1.165) is 35.7 Å². The minimum absolute atomic E-state index is 0.112. The van der Waals surface area contributed by atoms with Crippen molar-refractivity contribution in [1.29, 1.82) is 0 Å². The highest BCUT2D eigenvalue weighted by Crippen LogP contribution is 2.24. The van der Waals surface area contributed by atoms with E-state index in [2.05, 4.69) is 11.9 Å². The standard InChI is InChI=1S/C18H24F3N3O2S/c1-4-5-8-24-14(3)13(2)22-17(24)27-11-16(25)23(12-18(19,20)21)10-15-7-6-9-26-15/h6-7,9H,4-5,8,10-12H2,1-3H3. The van der Waals surface area contributed by atoms with Crippen molar-refractivity contribution in [3.8, 4) is 0 Å². The third-order valence-corrected chi connectivity index (χ3v) is 5.09. The molecule has 0 aliphatic carbocycles. The molecule has 0 radical (unpaired) electrons. The first kappa shape index (κ1) is 21.4. The summed E-state index contributed by atoms with van der Waals surface area (Å²) < 4.78 is 45.7. The summed E-state index contributed by atoms with van der Waals surface area (Å²) in [6, 6.07) is 3.13. The first-order valence-corrected chi connectivity index (χ1v) is 9.73. The lowest BCUT2D eigenvalue weighted by molar-refractivity contribution is -0.161. The van der Waals surface area contributed by atoms with Gasteiger partial charge in [-0.15, -0.1) is 0 Å². The van der Waals surface area contributed by atoms with E-state index in [-0.39, 0.29) is 12.3 Å². The van der Waals surface area contributed by atoms with Gasteiger partial charge in [0.1, 0.15) is 12.3 Å². The molecule has 0 N–H and O–H groups in total. The molecule has 0 unspecified atom stereocenters. The number of hydrogen-bond donors (Lipinski definition) is 0. The highest BCUT2D eigenvalue weighted by Gasteiger charge is 2.33. The molecule has 5 nitrogen and oxygen atoms in total. The average Bonchev–Trinajstić information content (AvgIpc) is 3.18. The van der Waals surface area contributed by atoms with Crippen molar-refractivity contribution in [3.05, 3.63) is 35.5 Å². The number of imidazole rings is 1. The maximum absolute atomic E-state index is 12.9. The highest BCUT2D eigenvalue weighted by molar-refractivity contribution is 7.99. The molecular weight excluding hydrogens is 379 g/mol. The predicted octanol–water partition coefficient (Wildman–Crippen LogP) is 4.58. The van der Waals surface area contributed by atoms with Crippen LogP contribution in [0.1, 0.15) is 36.9 Å². The Labute approximate surface area is 160 Å². The Morgan fingerprint density at radius 1 is 1.37 bits per heavy atom. The van der Waals surface area contributed by atoms with Gasteiger partial charge in [-0.2, -0.15) is 13.2 Å². The number of carbonyl (C=O) groups is 1. The van der Waals surface area contributed by atoms with E-state index in [9.17, 15) is 18.0 Å². The second kappa shape index (κ2) is 9.34. The van der Waals surface area contributed by atoms with E-state index >= 15 is 0 Å². The molecule has 0 aromatic carbocycles. The van der Waals surface area contributed by atoms with E-state index in [1.165, 1.54) is 18.0 Å². The third kappa shape index (κ3) is 6.34. The van der Waals surface area contributed by atoms with Crippen molar-refractivity contribution < 1.29 is 22.4 Å². The quantitative estimate of drug-likeness (QED) is 0.575. The third-order valence-electron chi connectivity index (χ3n) is 4.13. The summed E-state index contributed by atoms with van der Waals surface area (Å²) in [7, 11) is 0. The molecule has 2 rings (SSSR count). The Kier molecular flexibility index (Phi) is 7.41. The number of thioether (sulfide) groups is 1. The summed E-state index contributed by atoms with van der Waals surface area (Å²) in [5, 5.41) is 0.664. The van der Waals surface area contributed by atoms with Crippen LogP contribution in [0.25, 0.3) is 0 Å². The van der Waals surface area contributed by atoms with Crippen molar-refractivity contribution in [3.63, 3.8) is 0 Å². The Hall–Kier alpha value is -1.90. The fourth-order valence-corrected chi connectivity index (χ4v) is 3.59. The van der Waals surface area contributed by atoms with Gasteiger partial charge in [-0.05, 0) is 32.4 Å². The molecule has 0 aliphatic rings. The Morgan fingerprint density at radius 2 is 2.11 bits per heavy atom. The van der Waals surface area contributed by atoms with Gasteiger partial charge in [-0.3, -0.25) is 4.79 Å². The topological polar surface area (TPSA) is 51.3 Å². The molecular formula is C18H24F3N3O2S. The molecule has 150 valence electrons. The van der Waals surface area contributed by atoms with Crippen LogP contribution in [0.5, 0.6) is 0 Å². The molecule has 0 spiro atoms. The number of alkyl halides is 3. The van der Waals surface area contributed by atoms with Crippen LogP contribution < -0.4 is 0 Å². The Morgan fingerprint density at radius 3 is 2.70 bits per heavy atom. The van der Waals surface area contributed by atoms with Crippen molar-refractivity contribution in [1.82, 2.24) is 14.5 Å². The Bertz CT molecular complexity index is 742. The van der Waals surface area contributed by atoms with Gasteiger partial charge in [0.15, 0.2) is 5.16 Å². The van der Waals surface area contributed by atoms with Crippen molar-refractivity contribution in [2.75, 3.05) is 12.3 Å². The van der Waals surface area contributed by atoms with Crippen LogP contribution >= 0.6 is 11.8 Å². The lowest BCUT2D eigenvalue weighted by Gasteiger charge is -2.23. The van der Waals surface area contributed by atoms with E-state index in [4.69, 9.17) is 4.42 Å². The molecule has 2 heterocycles. The summed E-state index contributed by atoms with van der Waals surface area (Å²) >= 11 is 1.17. The molecule has 0 atom stereocenters. The minimum atomic E-state index is -4.47. The monoisotopic (exact) mass is 403 g/mol. The molecule has 0 bridgehead atoms. The van der Waals surface area contributed by atoms with Crippen LogP contribution in [0.4, 0.5) is 13.2 Å². The molecule has 0 fully saturated rings. The summed E-state index contributed by atoms with van der Waals surface area (Å²) in [6.07, 6.45) is -1.12. The number of rotatable bonds is 9. The number of furan rings is 1. The number of nitrogens with zero attached hydrogens (tertiary/aromatic N) is 3. The minimum Gasteiger partial charge on any atom is -0.467 e. The number of aryl methyl sites for hydroxylation is 1. The van der Waals surface area contributed by atoms with Crippen LogP contribution in [-0.2, 0) is 17.9 Å². The average molecular weight is 403 g/mol. The van der Waals surface area contributed by atoms with E-state index in [1.807, 2.05) is 18.4 Å². The van der Waals surface area contributed by atoms with Crippen LogP contribution in [0.2, 0.25) is 0 Å². The zero-order chi connectivity index (χ0) is 20.0. The summed E-state index contributed by atoms with van der Waals surface area (Å²) in [5.41, 5.74) is 1.88. The van der Waals surface area contributed by atoms with Gasteiger partial charge in [0, 0.05) is 12.2 Å². The number of carbonyl (C=O) groups excluding carboxylic acids is 1. The highest BCUT2D eigenvalue weighted by atomic mass is 32.2. The van der Waals surface area contributed by atoms with E-state index in [0.29, 0.717) is 10.9 Å². The van der Waals surface area contributed by atoms with Crippen molar-refractivity contribution >= 4 is 17.7 Å². The molecule has 2 aromatic rings. The zero-order valence-corrected chi connectivity index (χ0v) is 16.5. The van der Waals surface area contributed by atoms with Crippen LogP contribution in [0, 0.1) is 13.8 Å². The lowest BCUT2D eigenvalue weighted by atomic mass is 10.3. The van der Waals surface area contributed by atoms with Gasteiger partial charge >= 0.3 is 6.18 Å². The molecule has 2 aromatic heterocycles. The number of hydrogen-bond acceptors (Lipinski definition) is 4. The second-order valence-corrected chi connectivity index (χ2v) is 7.25. The van der Waals surface area contributed by atoms with E-state index in [1.54, 1.807) is 12.1 Å². The largest absolute Gasteiger partial charge is 0.467 e. The van der Waals surface area contributed by atoms with Crippen molar-refractivity contribution in [2.45, 2.75) is 58.0 Å². The van der Waals surface area contributed by atoms with Crippen LogP contribution in [0.15, 0.2) is 28.0 Å². The number of amides is 1. The Balaban J connectivity index is 2.07. The SMILES string of the molecule is CCCCn1c(SCC(=O)N(Cc2ccco2)CC(F)(F)F)nc(C)c1C. The predicted molar refractivity (Wildman–Crippen MR) is 97.5 cm³/mol. The maximum atomic E-state index is 12.9. The number of aromatic nitrogens is 2.